The predicted molar refractivity (Wildman–Crippen MR) is 60.7 cm³/mol. The fraction of sp³-hybridized carbons (Fsp3) is 0.917. The van der Waals surface area contributed by atoms with Crippen LogP contribution in [0.4, 0.5) is 0 Å². The molecule has 3 nitrogen and oxygen atoms in total. The molecule has 0 saturated carbocycles. The van der Waals surface area contributed by atoms with Gasteiger partial charge in [-0.1, -0.05) is 33.6 Å². The topological polar surface area (TPSA) is 29.5 Å². The molecule has 1 fully saturated rings. The molecule has 88 valence electrons. The number of ether oxygens (including phenoxy) is 1. The fourth-order valence-corrected chi connectivity index (χ4v) is 1.89. The second kappa shape index (κ2) is 6.11. The van der Waals surface area contributed by atoms with Gasteiger partial charge in [-0.15, -0.1) is 0 Å². The minimum Gasteiger partial charge on any atom is -0.375 e. The Labute approximate surface area is 92.8 Å². The molecule has 3 heteroatoms. The molecule has 1 aliphatic rings. The molecule has 0 aromatic heterocycles. The van der Waals surface area contributed by atoms with E-state index in [0.29, 0.717) is 6.61 Å². The zero-order valence-corrected chi connectivity index (χ0v) is 10.2. The number of carbonyl (C=O) groups excluding carboxylic acids is 1. The van der Waals surface area contributed by atoms with Gasteiger partial charge in [0, 0.05) is 19.0 Å². The summed E-state index contributed by atoms with van der Waals surface area (Å²) < 4.78 is 5.65. The summed E-state index contributed by atoms with van der Waals surface area (Å²) in [7, 11) is 0. The summed E-state index contributed by atoms with van der Waals surface area (Å²) >= 11 is 0. The third-order valence-corrected chi connectivity index (χ3v) is 2.82. The summed E-state index contributed by atoms with van der Waals surface area (Å²) in [4.78, 5) is 13.7. The number of rotatable bonds is 4. The lowest BCUT2D eigenvalue weighted by Gasteiger charge is -2.34. The summed E-state index contributed by atoms with van der Waals surface area (Å²) in [6.07, 6.45) is 3.73. The van der Waals surface area contributed by atoms with E-state index in [1.54, 1.807) is 0 Å². The van der Waals surface area contributed by atoms with Crippen LogP contribution in [0.5, 0.6) is 0 Å². The van der Waals surface area contributed by atoms with E-state index in [9.17, 15) is 4.79 Å². The molecule has 0 aromatic carbocycles. The van der Waals surface area contributed by atoms with Crippen LogP contribution >= 0.6 is 0 Å². The first-order valence-electron chi connectivity index (χ1n) is 6.05. The van der Waals surface area contributed by atoms with E-state index in [2.05, 4.69) is 6.92 Å². The van der Waals surface area contributed by atoms with Crippen molar-refractivity contribution in [3.63, 3.8) is 0 Å². The molecule has 0 aromatic rings. The van der Waals surface area contributed by atoms with Crippen LogP contribution in [0, 0.1) is 5.92 Å². The Hall–Kier alpha value is -0.570. The Balaban J connectivity index is 2.38. The summed E-state index contributed by atoms with van der Waals surface area (Å²) in [6.45, 7) is 8.35. The molecule has 0 aliphatic carbocycles. The third kappa shape index (κ3) is 3.82. The van der Waals surface area contributed by atoms with Crippen molar-refractivity contribution in [3.05, 3.63) is 0 Å². The lowest BCUT2D eigenvalue weighted by atomic mass is 10.1. The maximum atomic E-state index is 11.8. The highest BCUT2D eigenvalue weighted by Crippen LogP contribution is 2.13. The van der Waals surface area contributed by atoms with E-state index >= 15 is 0 Å². The van der Waals surface area contributed by atoms with Gasteiger partial charge in [-0.3, -0.25) is 4.79 Å². The van der Waals surface area contributed by atoms with Gasteiger partial charge in [-0.25, -0.2) is 0 Å². The summed E-state index contributed by atoms with van der Waals surface area (Å²) in [5.74, 6) is 0.370. The van der Waals surface area contributed by atoms with Crippen molar-refractivity contribution in [2.24, 2.45) is 5.92 Å². The number of hydrogen-bond donors (Lipinski definition) is 0. The first kappa shape index (κ1) is 12.5. The number of carbonyl (C=O) groups is 1. The van der Waals surface area contributed by atoms with Gasteiger partial charge in [0.1, 0.15) is 0 Å². The molecular weight excluding hydrogens is 190 g/mol. The minimum absolute atomic E-state index is 0.106. The van der Waals surface area contributed by atoms with E-state index in [4.69, 9.17) is 4.74 Å². The monoisotopic (exact) mass is 213 g/mol. The highest BCUT2D eigenvalue weighted by atomic mass is 16.5. The van der Waals surface area contributed by atoms with Crippen LogP contribution in [-0.4, -0.2) is 36.6 Å². The largest absolute Gasteiger partial charge is 0.375 e. The Morgan fingerprint density at radius 1 is 1.53 bits per heavy atom. The van der Waals surface area contributed by atoms with Crippen LogP contribution in [-0.2, 0) is 9.53 Å². The average Bonchev–Trinajstić information content (AvgIpc) is 2.25. The van der Waals surface area contributed by atoms with Gasteiger partial charge < -0.3 is 9.64 Å². The molecule has 1 amide bonds. The molecular formula is C12H23NO2. The smallest absolute Gasteiger partial charge is 0.225 e. The second-order valence-corrected chi connectivity index (χ2v) is 4.57. The maximum Gasteiger partial charge on any atom is 0.225 e. The maximum absolute atomic E-state index is 11.8. The summed E-state index contributed by atoms with van der Waals surface area (Å²) in [6, 6.07) is 0. The van der Waals surface area contributed by atoms with E-state index in [0.717, 1.165) is 19.5 Å². The van der Waals surface area contributed by atoms with Crippen molar-refractivity contribution < 1.29 is 9.53 Å². The molecule has 0 unspecified atom stereocenters. The van der Waals surface area contributed by atoms with Crippen molar-refractivity contribution in [3.8, 4) is 0 Å². The molecule has 0 spiro atoms. The number of unbranched alkanes of at least 4 members (excludes halogenated alkanes) is 1. The number of nitrogens with zero attached hydrogens (tertiary/aromatic N) is 1. The minimum atomic E-state index is 0.106. The van der Waals surface area contributed by atoms with Gasteiger partial charge in [0.2, 0.25) is 5.91 Å². The standard InChI is InChI=1S/C12H23NO2/c1-4-5-6-11-9-13(7-8-15-11)12(14)10(2)3/h10-11H,4-9H2,1-3H3/t11-/m1/s1. The Morgan fingerprint density at radius 2 is 2.27 bits per heavy atom. The summed E-state index contributed by atoms with van der Waals surface area (Å²) in [5, 5.41) is 0. The molecule has 0 N–H and O–H groups in total. The van der Waals surface area contributed by atoms with Crippen LogP contribution < -0.4 is 0 Å². The van der Waals surface area contributed by atoms with E-state index in [1.165, 1.54) is 12.8 Å². The molecule has 1 rings (SSSR count). The van der Waals surface area contributed by atoms with Crippen molar-refractivity contribution in [2.45, 2.75) is 46.1 Å². The Morgan fingerprint density at radius 3 is 2.87 bits per heavy atom. The number of morpholine rings is 1. The molecule has 15 heavy (non-hydrogen) atoms. The van der Waals surface area contributed by atoms with E-state index in [-0.39, 0.29) is 17.9 Å². The normalized spacial score (nSPS) is 22.1. The molecule has 1 heterocycles. The first-order valence-corrected chi connectivity index (χ1v) is 6.05. The van der Waals surface area contributed by atoms with Gasteiger partial charge in [0.05, 0.1) is 12.7 Å². The Kier molecular flexibility index (Phi) is 5.09. The average molecular weight is 213 g/mol. The van der Waals surface area contributed by atoms with Crippen LogP contribution in [0.1, 0.15) is 40.0 Å². The quantitative estimate of drug-likeness (QED) is 0.715. The van der Waals surface area contributed by atoms with Gasteiger partial charge in [0.15, 0.2) is 0 Å². The molecule has 0 bridgehead atoms. The zero-order valence-electron chi connectivity index (χ0n) is 10.2. The zero-order chi connectivity index (χ0) is 11.3. The molecule has 1 atom stereocenters. The van der Waals surface area contributed by atoms with Crippen molar-refractivity contribution in [1.82, 2.24) is 4.90 Å². The molecule has 0 radical (unpaired) electrons. The molecule has 1 aliphatic heterocycles. The lowest BCUT2D eigenvalue weighted by molar-refractivity contribution is -0.142. The molecule has 1 saturated heterocycles. The van der Waals surface area contributed by atoms with Gasteiger partial charge in [-0.05, 0) is 6.42 Å². The predicted octanol–water partition coefficient (Wildman–Crippen LogP) is 2.06. The van der Waals surface area contributed by atoms with Crippen LogP contribution in [0.25, 0.3) is 0 Å². The summed E-state index contributed by atoms with van der Waals surface area (Å²) in [5.41, 5.74) is 0. The van der Waals surface area contributed by atoms with Crippen LogP contribution in [0.2, 0.25) is 0 Å². The number of amides is 1. The van der Waals surface area contributed by atoms with Crippen LogP contribution in [0.3, 0.4) is 0 Å². The van der Waals surface area contributed by atoms with E-state index < -0.39 is 0 Å². The Bertz CT molecular complexity index is 204. The van der Waals surface area contributed by atoms with Crippen molar-refractivity contribution >= 4 is 5.91 Å². The van der Waals surface area contributed by atoms with Gasteiger partial charge in [-0.2, -0.15) is 0 Å². The lowest BCUT2D eigenvalue weighted by Crippen LogP contribution is -2.47. The fourth-order valence-electron chi connectivity index (χ4n) is 1.89. The van der Waals surface area contributed by atoms with Crippen molar-refractivity contribution in [2.75, 3.05) is 19.7 Å². The van der Waals surface area contributed by atoms with E-state index in [1.807, 2.05) is 18.7 Å². The van der Waals surface area contributed by atoms with Crippen LogP contribution in [0.15, 0.2) is 0 Å². The highest BCUT2D eigenvalue weighted by Gasteiger charge is 2.24. The second-order valence-electron chi connectivity index (χ2n) is 4.57. The highest BCUT2D eigenvalue weighted by molar-refractivity contribution is 5.78. The van der Waals surface area contributed by atoms with Gasteiger partial charge >= 0.3 is 0 Å². The third-order valence-electron chi connectivity index (χ3n) is 2.82. The van der Waals surface area contributed by atoms with Gasteiger partial charge in [0.25, 0.3) is 0 Å². The number of hydrogen-bond acceptors (Lipinski definition) is 2. The SMILES string of the molecule is CCCC[C@@H]1CN(C(=O)C(C)C)CCO1. The van der Waals surface area contributed by atoms with Crippen molar-refractivity contribution in [1.29, 1.82) is 0 Å². The first-order chi connectivity index (χ1) is 7.15.